The van der Waals surface area contributed by atoms with Crippen LogP contribution in [-0.2, 0) is 4.74 Å². The Morgan fingerprint density at radius 1 is 1.17 bits per heavy atom. The molecule has 0 amide bonds. The number of fused-ring (bicyclic) bond motifs is 1. The van der Waals surface area contributed by atoms with Gasteiger partial charge in [-0.3, -0.25) is 9.36 Å². The second kappa shape index (κ2) is 5.85. The zero-order valence-corrected chi connectivity index (χ0v) is 13.3. The van der Waals surface area contributed by atoms with E-state index in [1.165, 1.54) is 11.7 Å². The van der Waals surface area contributed by atoms with Crippen LogP contribution in [0.15, 0.2) is 47.3 Å². The molecule has 6 heteroatoms. The van der Waals surface area contributed by atoms with E-state index in [-0.39, 0.29) is 10.8 Å². The lowest BCUT2D eigenvalue weighted by Crippen LogP contribution is -2.20. The van der Waals surface area contributed by atoms with Gasteiger partial charge in [0.1, 0.15) is 0 Å². The minimum Gasteiger partial charge on any atom is -0.465 e. The highest BCUT2D eigenvalue weighted by molar-refractivity contribution is 6.29. The molecule has 0 aliphatic carbocycles. The van der Waals surface area contributed by atoms with Crippen molar-refractivity contribution < 1.29 is 9.53 Å². The van der Waals surface area contributed by atoms with Gasteiger partial charge in [-0.15, -0.1) is 0 Å². The van der Waals surface area contributed by atoms with E-state index < -0.39 is 5.97 Å². The van der Waals surface area contributed by atoms with Crippen molar-refractivity contribution in [3.05, 3.63) is 69.2 Å². The topological polar surface area (TPSA) is 61.2 Å². The fraction of sp³-hybridized carbons (Fsp3) is 0.118. The normalized spacial score (nSPS) is 10.7. The Hall–Kier alpha value is -2.66. The van der Waals surface area contributed by atoms with Gasteiger partial charge in [0.05, 0.1) is 29.3 Å². The van der Waals surface area contributed by atoms with E-state index in [4.69, 9.17) is 11.6 Å². The van der Waals surface area contributed by atoms with Crippen molar-refractivity contribution in [3.8, 4) is 5.69 Å². The molecule has 0 aliphatic rings. The summed E-state index contributed by atoms with van der Waals surface area (Å²) >= 11 is 6.17. The molecule has 0 bridgehead atoms. The van der Waals surface area contributed by atoms with E-state index in [0.29, 0.717) is 22.2 Å². The Kier molecular flexibility index (Phi) is 3.88. The predicted octanol–water partition coefficient (Wildman–Crippen LogP) is 3.13. The van der Waals surface area contributed by atoms with Gasteiger partial charge in [0, 0.05) is 0 Å². The van der Waals surface area contributed by atoms with Crippen LogP contribution in [0.5, 0.6) is 0 Å². The number of carbonyl (C=O) groups is 1. The van der Waals surface area contributed by atoms with Gasteiger partial charge >= 0.3 is 5.97 Å². The van der Waals surface area contributed by atoms with Gasteiger partial charge in [0.2, 0.25) is 5.28 Å². The van der Waals surface area contributed by atoms with Crippen LogP contribution in [-0.4, -0.2) is 22.6 Å². The van der Waals surface area contributed by atoms with E-state index >= 15 is 0 Å². The number of aromatic nitrogens is 2. The van der Waals surface area contributed by atoms with Crippen molar-refractivity contribution in [3.63, 3.8) is 0 Å². The molecule has 23 heavy (non-hydrogen) atoms. The van der Waals surface area contributed by atoms with E-state index in [1.54, 1.807) is 36.4 Å². The molecule has 1 aromatic heterocycles. The van der Waals surface area contributed by atoms with Gasteiger partial charge < -0.3 is 4.74 Å². The van der Waals surface area contributed by atoms with Crippen molar-refractivity contribution in [1.82, 2.24) is 9.55 Å². The van der Waals surface area contributed by atoms with Gasteiger partial charge in [-0.25, -0.2) is 9.78 Å². The van der Waals surface area contributed by atoms with Crippen LogP contribution in [0.1, 0.15) is 15.9 Å². The van der Waals surface area contributed by atoms with Crippen molar-refractivity contribution in [2.45, 2.75) is 6.92 Å². The number of esters is 1. The molecular formula is C17H13ClN2O3. The van der Waals surface area contributed by atoms with Crippen LogP contribution in [0, 0.1) is 6.92 Å². The third kappa shape index (κ3) is 2.71. The first kappa shape index (κ1) is 15.2. The summed E-state index contributed by atoms with van der Waals surface area (Å²) in [4.78, 5) is 28.5. The smallest absolute Gasteiger partial charge is 0.337 e. The summed E-state index contributed by atoms with van der Waals surface area (Å²) in [6, 6.07) is 11.8. The Balaban J connectivity index is 2.19. The van der Waals surface area contributed by atoms with Crippen LogP contribution in [0.2, 0.25) is 5.28 Å². The van der Waals surface area contributed by atoms with Gasteiger partial charge in [-0.1, -0.05) is 11.6 Å². The van der Waals surface area contributed by atoms with Crippen molar-refractivity contribution in [2.75, 3.05) is 7.11 Å². The third-order valence-electron chi connectivity index (χ3n) is 3.53. The molecule has 0 saturated carbocycles. The number of halogens is 1. The highest BCUT2D eigenvalue weighted by Crippen LogP contribution is 2.18. The van der Waals surface area contributed by atoms with Gasteiger partial charge in [-0.05, 0) is 54.9 Å². The van der Waals surface area contributed by atoms with Crippen LogP contribution in [0.3, 0.4) is 0 Å². The number of benzene rings is 2. The maximum Gasteiger partial charge on any atom is 0.337 e. The molecule has 0 atom stereocenters. The molecule has 5 nitrogen and oxygen atoms in total. The van der Waals surface area contributed by atoms with E-state index in [0.717, 1.165) is 5.56 Å². The maximum atomic E-state index is 12.7. The number of methoxy groups -OCH3 is 1. The lowest BCUT2D eigenvalue weighted by Gasteiger charge is -2.10. The summed E-state index contributed by atoms with van der Waals surface area (Å²) in [7, 11) is 1.31. The molecule has 116 valence electrons. The molecule has 1 heterocycles. The van der Waals surface area contributed by atoms with Gasteiger partial charge in [-0.2, -0.15) is 0 Å². The summed E-state index contributed by atoms with van der Waals surface area (Å²) in [6.07, 6.45) is 0. The molecule has 0 saturated heterocycles. The highest BCUT2D eigenvalue weighted by Gasteiger charge is 2.12. The second-order valence-electron chi connectivity index (χ2n) is 5.08. The van der Waals surface area contributed by atoms with Crippen LogP contribution in [0.4, 0.5) is 0 Å². The quantitative estimate of drug-likeness (QED) is 0.535. The van der Waals surface area contributed by atoms with Crippen LogP contribution in [0.25, 0.3) is 16.6 Å². The first-order chi connectivity index (χ1) is 11.0. The predicted molar refractivity (Wildman–Crippen MR) is 88.4 cm³/mol. The molecule has 0 unspecified atom stereocenters. The number of hydrogen-bond donors (Lipinski definition) is 0. The SMILES string of the molecule is COC(=O)c1ccc(-n2c(Cl)nc3ccc(C)cc3c2=O)cc1. The number of ether oxygens (including phenoxy) is 1. The Bertz CT molecular complexity index is 962. The maximum absolute atomic E-state index is 12.7. The first-order valence-electron chi connectivity index (χ1n) is 6.89. The number of hydrogen-bond acceptors (Lipinski definition) is 4. The average molecular weight is 329 g/mol. The highest BCUT2D eigenvalue weighted by atomic mass is 35.5. The summed E-state index contributed by atoms with van der Waals surface area (Å²) < 4.78 is 5.96. The first-order valence-corrected chi connectivity index (χ1v) is 7.27. The largest absolute Gasteiger partial charge is 0.465 e. The zero-order chi connectivity index (χ0) is 16.6. The summed E-state index contributed by atoms with van der Waals surface area (Å²) in [5.41, 5.74) is 2.18. The van der Waals surface area contributed by atoms with E-state index in [1.807, 2.05) is 13.0 Å². The summed E-state index contributed by atoms with van der Waals surface area (Å²) in [5, 5.41) is 0.559. The number of rotatable bonds is 2. The Morgan fingerprint density at radius 2 is 1.87 bits per heavy atom. The fourth-order valence-corrected chi connectivity index (χ4v) is 2.63. The Morgan fingerprint density at radius 3 is 2.52 bits per heavy atom. The van der Waals surface area contributed by atoms with E-state index in [9.17, 15) is 9.59 Å². The zero-order valence-electron chi connectivity index (χ0n) is 12.5. The molecule has 0 spiro atoms. The van der Waals surface area contributed by atoms with Crippen molar-refractivity contribution >= 4 is 28.5 Å². The number of carbonyl (C=O) groups excluding carboxylic acids is 1. The standard InChI is InChI=1S/C17H13ClN2O3/c1-10-3-8-14-13(9-10)15(21)20(17(18)19-14)12-6-4-11(5-7-12)16(22)23-2/h3-9H,1-2H3. The third-order valence-corrected chi connectivity index (χ3v) is 3.78. The molecule has 0 radical (unpaired) electrons. The van der Waals surface area contributed by atoms with Crippen LogP contribution >= 0.6 is 11.6 Å². The van der Waals surface area contributed by atoms with Gasteiger partial charge in [0.25, 0.3) is 5.56 Å². The molecule has 3 aromatic rings. The van der Waals surface area contributed by atoms with Crippen molar-refractivity contribution in [2.24, 2.45) is 0 Å². The fourth-order valence-electron chi connectivity index (χ4n) is 2.36. The minimum atomic E-state index is -0.442. The lowest BCUT2D eigenvalue weighted by atomic mass is 10.1. The number of nitrogens with zero attached hydrogens (tertiary/aromatic N) is 2. The lowest BCUT2D eigenvalue weighted by molar-refractivity contribution is 0.0601. The average Bonchev–Trinajstić information content (AvgIpc) is 2.55. The molecule has 0 N–H and O–H groups in total. The monoisotopic (exact) mass is 328 g/mol. The molecular weight excluding hydrogens is 316 g/mol. The molecule has 0 aliphatic heterocycles. The second-order valence-corrected chi connectivity index (χ2v) is 5.42. The molecule has 3 rings (SSSR count). The van der Waals surface area contributed by atoms with E-state index in [2.05, 4.69) is 9.72 Å². The van der Waals surface area contributed by atoms with Crippen molar-refractivity contribution in [1.29, 1.82) is 0 Å². The van der Waals surface area contributed by atoms with Crippen LogP contribution < -0.4 is 5.56 Å². The summed E-state index contributed by atoms with van der Waals surface area (Å²) in [5.74, 6) is -0.442. The number of aryl methyl sites for hydroxylation is 1. The molecule has 0 fully saturated rings. The molecule has 2 aromatic carbocycles. The van der Waals surface area contributed by atoms with Gasteiger partial charge in [0.15, 0.2) is 0 Å². The summed E-state index contributed by atoms with van der Waals surface area (Å²) in [6.45, 7) is 1.91. The Labute approximate surface area is 137 Å². The minimum absolute atomic E-state index is 0.0668.